The molecule has 3 nitrogen and oxygen atoms in total. The van der Waals surface area contributed by atoms with Gasteiger partial charge in [0.1, 0.15) is 6.23 Å². The lowest BCUT2D eigenvalue weighted by atomic mass is 9.85. The normalized spacial score (nSPS) is 43.9. The maximum absolute atomic E-state index is 12.2. The number of carbonyl (C=O) groups is 1. The van der Waals surface area contributed by atoms with Crippen molar-refractivity contribution in [2.45, 2.75) is 19.1 Å². The lowest BCUT2D eigenvalue weighted by molar-refractivity contribution is -0.136. The molecule has 1 amide bonds. The molecule has 84 valence electrons. The van der Waals surface area contributed by atoms with Crippen LogP contribution in [0.25, 0.3) is 0 Å². The van der Waals surface area contributed by atoms with Gasteiger partial charge < -0.3 is 10.0 Å². The molecule has 3 heteroatoms. The molecule has 1 N–H and O–H groups in total. The minimum atomic E-state index is -0.620. The van der Waals surface area contributed by atoms with E-state index in [-0.39, 0.29) is 17.7 Å². The van der Waals surface area contributed by atoms with Crippen molar-refractivity contribution >= 4 is 5.91 Å². The van der Waals surface area contributed by atoms with E-state index in [0.717, 1.165) is 6.42 Å². The number of aliphatic hydroxyl groups excluding tert-OH is 1. The minimum absolute atomic E-state index is 0.0165. The monoisotopic (exact) mass is 217 g/mol. The Labute approximate surface area is 95.1 Å². The highest BCUT2D eigenvalue weighted by atomic mass is 16.3. The number of carbonyl (C=O) groups excluding carboxylic acids is 1. The fourth-order valence-electron chi connectivity index (χ4n) is 3.57. The van der Waals surface area contributed by atoms with Crippen molar-refractivity contribution in [1.29, 1.82) is 0 Å². The average molecular weight is 217 g/mol. The van der Waals surface area contributed by atoms with Crippen LogP contribution in [0.15, 0.2) is 12.2 Å². The van der Waals surface area contributed by atoms with Crippen LogP contribution in [0.4, 0.5) is 0 Å². The van der Waals surface area contributed by atoms with E-state index in [2.05, 4.69) is 18.1 Å². The predicted octanol–water partition coefficient (Wildman–Crippen LogP) is 0.609. The molecule has 3 aliphatic rings. The van der Waals surface area contributed by atoms with Crippen LogP contribution in [-0.2, 0) is 4.79 Å². The third-order valence-electron chi connectivity index (χ3n) is 4.25. The summed E-state index contributed by atoms with van der Waals surface area (Å²) in [4.78, 5) is 13.7. The summed E-state index contributed by atoms with van der Waals surface area (Å²) >= 11 is 0. The van der Waals surface area contributed by atoms with E-state index in [1.54, 1.807) is 4.90 Å². The zero-order chi connectivity index (χ0) is 11.3. The number of hydrogen-bond acceptors (Lipinski definition) is 2. The molecule has 1 saturated heterocycles. The zero-order valence-corrected chi connectivity index (χ0v) is 9.04. The van der Waals surface area contributed by atoms with Gasteiger partial charge in [0.25, 0.3) is 0 Å². The van der Waals surface area contributed by atoms with Gasteiger partial charge in [0.2, 0.25) is 5.91 Å². The van der Waals surface area contributed by atoms with Crippen LogP contribution in [-0.4, -0.2) is 28.7 Å². The summed E-state index contributed by atoms with van der Waals surface area (Å²) in [7, 11) is 0. The molecule has 3 rings (SSSR count). The molecule has 0 aromatic carbocycles. The first-order valence-corrected chi connectivity index (χ1v) is 5.84. The SMILES string of the molecule is C#CCCN1C(=O)[C@@H]2[C@@H]([C@@H]3C=C[C@H]2C3)[C@@H]1O. The van der Waals surface area contributed by atoms with Gasteiger partial charge in [-0.25, -0.2) is 0 Å². The van der Waals surface area contributed by atoms with E-state index in [1.807, 2.05) is 0 Å². The number of hydrogen-bond donors (Lipinski definition) is 1. The number of allylic oxidation sites excluding steroid dienone is 2. The van der Waals surface area contributed by atoms with E-state index in [1.165, 1.54) is 0 Å². The van der Waals surface area contributed by atoms with Crippen LogP contribution >= 0.6 is 0 Å². The van der Waals surface area contributed by atoms with Crippen LogP contribution in [0.1, 0.15) is 12.8 Å². The van der Waals surface area contributed by atoms with E-state index < -0.39 is 6.23 Å². The predicted molar refractivity (Wildman–Crippen MR) is 58.9 cm³/mol. The first-order chi connectivity index (χ1) is 7.74. The number of amides is 1. The molecule has 0 aromatic rings. The number of rotatable bonds is 2. The van der Waals surface area contributed by atoms with Gasteiger partial charge in [-0.05, 0) is 18.3 Å². The van der Waals surface area contributed by atoms with Crippen LogP contribution in [0.2, 0.25) is 0 Å². The standard InChI is InChI=1S/C13H15NO2/c1-2-3-6-14-12(15)10-8-4-5-9(7-8)11(10)13(14)16/h1,4-5,8-12,15H,3,6-7H2/t8-,9+,10-,11+,12+/m1/s1. The van der Waals surface area contributed by atoms with Crippen LogP contribution in [0, 0.1) is 36.0 Å². The second kappa shape index (κ2) is 3.36. The summed E-state index contributed by atoms with van der Waals surface area (Å²) in [5.74, 6) is 3.50. The summed E-state index contributed by atoms with van der Waals surface area (Å²) in [6.45, 7) is 0.489. The molecule has 1 heterocycles. The quantitative estimate of drug-likeness (QED) is 0.544. The van der Waals surface area contributed by atoms with Gasteiger partial charge in [0, 0.05) is 18.9 Å². The maximum atomic E-state index is 12.2. The Morgan fingerprint density at radius 1 is 1.50 bits per heavy atom. The summed E-state index contributed by atoms with van der Waals surface area (Å²) in [5.41, 5.74) is 0. The number of nitrogens with zero attached hydrogens (tertiary/aromatic N) is 1. The van der Waals surface area contributed by atoms with E-state index in [9.17, 15) is 9.90 Å². The number of likely N-dealkylation sites (tertiary alicyclic amines) is 1. The Morgan fingerprint density at radius 3 is 2.94 bits per heavy atom. The zero-order valence-electron chi connectivity index (χ0n) is 9.04. The molecule has 0 radical (unpaired) electrons. The Hall–Kier alpha value is -1.27. The van der Waals surface area contributed by atoms with Crippen molar-refractivity contribution in [3.8, 4) is 12.3 Å². The van der Waals surface area contributed by atoms with Crippen molar-refractivity contribution < 1.29 is 9.90 Å². The van der Waals surface area contributed by atoms with Crippen LogP contribution in [0.3, 0.4) is 0 Å². The molecule has 2 aliphatic carbocycles. The van der Waals surface area contributed by atoms with Crippen molar-refractivity contribution in [2.24, 2.45) is 23.7 Å². The van der Waals surface area contributed by atoms with Gasteiger partial charge in [-0.2, -0.15) is 0 Å². The fraction of sp³-hybridized carbons (Fsp3) is 0.615. The molecule has 2 fully saturated rings. The van der Waals surface area contributed by atoms with Crippen molar-refractivity contribution in [3.63, 3.8) is 0 Å². The molecule has 1 aliphatic heterocycles. The van der Waals surface area contributed by atoms with Crippen LogP contribution < -0.4 is 0 Å². The first-order valence-electron chi connectivity index (χ1n) is 5.84. The van der Waals surface area contributed by atoms with Gasteiger partial charge in [0.15, 0.2) is 0 Å². The maximum Gasteiger partial charge on any atom is 0.228 e. The van der Waals surface area contributed by atoms with Gasteiger partial charge in [-0.1, -0.05) is 12.2 Å². The smallest absolute Gasteiger partial charge is 0.228 e. The number of aliphatic hydroxyl groups is 1. The van der Waals surface area contributed by atoms with Gasteiger partial charge in [-0.3, -0.25) is 4.79 Å². The molecule has 2 bridgehead atoms. The topological polar surface area (TPSA) is 40.5 Å². The summed E-state index contributed by atoms with van der Waals surface area (Å²) in [6, 6.07) is 0. The lowest BCUT2D eigenvalue weighted by Gasteiger charge is -2.24. The van der Waals surface area contributed by atoms with Crippen molar-refractivity contribution in [1.82, 2.24) is 4.90 Å². The number of terminal acetylenes is 1. The summed E-state index contributed by atoms with van der Waals surface area (Å²) < 4.78 is 0. The Morgan fingerprint density at radius 2 is 2.25 bits per heavy atom. The van der Waals surface area contributed by atoms with Crippen LogP contribution in [0.5, 0.6) is 0 Å². The summed E-state index contributed by atoms with van der Waals surface area (Å²) in [6.07, 6.45) is 10.4. The molecule has 5 atom stereocenters. The van der Waals surface area contributed by atoms with Crippen molar-refractivity contribution in [3.05, 3.63) is 12.2 Å². The second-order valence-electron chi connectivity index (χ2n) is 4.95. The molecular formula is C13H15NO2. The van der Waals surface area contributed by atoms with E-state index >= 15 is 0 Å². The van der Waals surface area contributed by atoms with Crippen molar-refractivity contribution in [2.75, 3.05) is 6.54 Å². The Balaban J connectivity index is 1.84. The molecule has 0 spiro atoms. The minimum Gasteiger partial charge on any atom is -0.373 e. The highest BCUT2D eigenvalue weighted by Crippen LogP contribution is 2.53. The largest absolute Gasteiger partial charge is 0.373 e. The Kier molecular flexibility index (Phi) is 2.08. The molecular weight excluding hydrogens is 202 g/mol. The lowest BCUT2D eigenvalue weighted by Crippen LogP contribution is -2.37. The average Bonchev–Trinajstić information content (AvgIpc) is 2.92. The third kappa shape index (κ3) is 1.11. The van der Waals surface area contributed by atoms with E-state index in [4.69, 9.17) is 6.42 Å². The van der Waals surface area contributed by atoms with Gasteiger partial charge in [0.05, 0.1) is 5.92 Å². The van der Waals surface area contributed by atoms with Gasteiger partial charge in [-0.15, -0.1) is 12.3 Å². The molecule has 0 unspecified atom stereocenters. The highest BCUT2D eigenvalue weighted by Gasteiger charge is 2.58. The van der Waals surface area contributed by atoms with Gasteiger partial charge >= 0.3 is 0 Å². The highest BCUT2D eigenvalue weighted by molar-refractivity contribution is 5.83. The Bertz CT molecular complexity index is 395. The van der Waals surface area contributed by atoms with E-state index in [0.29, 0.717) is 24.8 Å². The summed E-state index contributed by atoms with van der Waals surface area (Å²) in [5, 5.41) is 10.2. The fourth-order valence-corrected chi connectivity index (χ4v) is 3.57. The number of fused-ring (bicyclic) bond motifs is 5. The molecule has 0 aromatic heterocycles. The molecule has 1 saturated carbocycles. The second-order valence-corrected chi connectivity index (χ2v) is 4.95. The third-order valence-corrected chi connectivity index (χ3v) is 4.25. The molecule has 16 heavy (non-hydrogen) atoms. The first kappa shape index (κ1) is 9.92.